The molecule has 1 aliphatic rings. The molecule has 1 fully saturated rings. The van der Waals surface area contributed by atoms with Crippen molar-refractivity contribution < 1.29 is 17.9 Å². The van der Waals surface area contributed by atoms with Crippen LogP contribution in [0.4, 0.5) is 4.79 Å². The van der Waals surface area contributed by atoms with Crippen molar-refractivity contribution in [2.45, 2.75) is 48.9 Å². The summed E-state index contributed by atoms with van der Waals surface area (Å²) < 4.78 is 31.4. The predicted molar refractivity (Wildman–Crippen MR) is 87.6 cm³/mol. The molecule has 5 nitrogen and oxygen atoms in total. The first-order valence-electron chi connectivity index (χ1n) is 7.30. The van der Waals surface area contributed by atoms with E-state index < -0.39 is 22.2 Å². The van der Waals surface area contributed by atoms with E-state index in [2.05, 4.69) is 22.9 Å². The zero-order chi connectivity index (χ0) is 16.3. The first-order valence-corrected chi connectivity index (χ1v) is 9.65. The minimum absolute atomic E-state index is 0.0869. The minimum atomic E-state index is -3.90. The molecule has 0 spiro atoms. The number of halogens is 1. The Morgan fingerprint density at radius 2 is 2.00 bits per heavy atom. The van der Waals surface area contributed by atoms with Crippen molar-refractivity contribution in [1.82, 2.24) is 4.31 Å². The van der Waals surface area contributed by atoms with E-state index >= 15 is 0 Å². The van der Waals surface area contributed by atoms with Gasteiger partial charge in [-0.1, -0.05) is 53.4 Å². The van der Waals surface area contributed by atoms with Gasteiger partial charge in [0.2, 0.25) is 0 Å². The van der Waals surface area contributed by atoms with E-state index in [1.807, 2.05) is 6.92 Å². The van der Waals surface area contributed by atoms with E-state index in [4.69, 9.17) is 4.74 Å². The van der Waals surface area contributed by atoms with E-state index in [1.165, 1.54) is 12.1 Å². The van der Waals surface area contributed by atoms with E-state index in [1.54, 1.807) is 12.1 Å². The lowest BCUT2D eigenvalue weighted by atomic mass is 10.1. The van der Waals surface area contributed by atoms with Crippen molar-refractivity contribution in [3.8, 4) is 0 Å². The number of cyclic esters (lactones) is 1. The average molecular weight is 390 g/mol. The summed E-state index contributed by atoms with van der Waals surface area (Å²) >= 11 is 3.51. The Morgan fingerprint density at radius 1 is 1.36 bits per heavy atom. The molecular formula is C15H20BrNO4S. The third-order valence-corrected chi connectivity index (χ3v) is 6.56. The van der Waals surface area contributed by atoms with Gasteiger partial charge in [0, 0.05) is 4.83 Å². The maximum Gasteiger partial charge on any atom is 0.424 e. The Morgan fingerprint density at radius 3 is 2.59 bits per heavy atom. The number of carbonyl (C=O) groups excluding carboxylic acids is 1. The number of unbranched alkanes of at least 4 members (excludes halogenated alkanes) is 1. The van der Waals surface area contributed by atoms with Crippen LogP contribution in [0.1, 0.15) is 31.7 Å². The van der Waals surface area contributed by atoms with E-state index in [-0.39, 0.29) is 16.3 Å². The number of ether oxygens (including phenoxy) is 1. The number of rotatable bonds is 6. The Balaban J connectivity index is 2.30. The second-order valence-corrected chi connectivity index (χ2v) is 8.41. The fraction of sp³-hybridized carbons (Fsp3) is 0.533. The van der Waals surface area contributed by atoms with Crippen LogP contribution in [0.3, 0.4) is 0 Å². The fourth-order valence-corrected chi connectivity index (χ4v) is 4.76. The number of carbonyl (C=O) groups is 1. The number of hydrogen-bond acceptors (Lipinski definition) is 4. The molecular weight excluding hydrogens is 370 g/mol. The van der Waals surface area contributed by atoms with Crippen molar-refractivity contribution in [1.29, 1.82) is 0 Å². The summed E-state index contributed by atoms with van der Waals surface area (Å²) in [5.74, 6) is 0. The number of benzene rings is 1. The molecule has 2 atom stereocenters. The zero-order valence-electron chi connectivity index (χ0n) is 12.7. The SMILES string of the molecule is CCCC[C@@H](Br)C1COC(=O)N1S(=O)(=O)c1ccc(C)cc1. The van der Waals surface area contributed by atoms with Crippen molar-refractivity contribution in [2.75, 3.05) is 6.61 Å². The number of amides is 1. The van der Waals surface area contributed by atoms with Gasteiger partial charge in [-0.3, -0.25) is 0 Å². The first-order chi connectivity index (χ1) is 10.4. The molecule has 1 aromatic rings. The van der Waals surface area contributed by atoms with Crippen LogP contribution in [-0.4, -0.2) is 36.3 Å². The summed E-state index contributed by atoms with van der Waals surface area (Å²) in [5, 5.41) is 0. The van der Waals surface area contributed by atoms with E-state index in [0.29, 0.717) is 0 Å². The van der Waals surface area contributed by atoms with Crippen LogP contribution in [0.15, 0.2) is 29.2 Å². The molecule has 1 saturated heterocycles. The topological polar surface area (TPSA) is 63.7 Å². The summed E-state index contributed by atoms with van der Waals surface area (Å²) in [4.78, 5) is 12.0. The highest BCUT2D eigenvalue weighted by Gasteiger charge is 2.45. The minimum Gasteiger partial charge on any atom is -0.446 e. The molecule has 0 aliphatic carbocycles. The van der Waals surface area contributed by atoms with Gasteiger partial charge in [-0.25, -0.2) is 13.2 Å². The summed E-state index contributed by atoms with van der Waals surface area (Å²) in [6.45, 7) is 4.03. The molecule has 7 heteroatoms. The van der Waals surface area contributed by atoms with Crippen molar-refractivity contribution in [2.24, 2.45) is 0 Å². The Kier molecular flexibility index (Phi) is 5.50. The standard InChI is InChI=1S/C15H20BrNO4S/c1-3-4-5-13(16)14-10-21-15(18)17(14)22(19,20)12-8-6-11(2)7-9-12/h6-9,13-14H,3-5,10H2,1-2H3/t13-,14?/m1/s1. The van der Waals surface area contributed by atoms with Crippen molar-refractivity contribution >= 4 is 32.0 Å². The van der Waals surface area contributed by atoms with Crippen LogP contribution in [0.25, 0.3) is 0 Å². The fourth-order valence-electron chi connectivity index (χ4n) is 2.37. The monoisotopic (exact) mass is 389 g/mol. The highest BCUT2D eigenvalue weighted by atomic mass is 79.9. The molecule has 1 amide bonds. The largest absolute Gasteiger partial charge is 0.446 e. The number of aryl methyl sites for hydroxylation is 1. The van der Waals surface area contributed by atoms with Gasteiger partial charge in [-0.05, 0) is 25.5 Å². The lowest BCUT2D eigenvalue weighted by molar-refractivity contribution is 0.170. The van der Waals surface area contributed by atoms with Gasteiger partial charge < -0.3 is 4.74 Å². The van der Waals surface area contributed by atoms with Gasteiger partial charge in [0.1, 0.15) is 6.61 Å². The molecule has 0 radical (unpaired) electrons. The molecule has 0 bridgehead atoms. The Labute approximate surface area is 139 Å². The third-order valence-electron chi connectivity index (χ3n) is 3.69. The molecule has 1 aliphatic heterocycles. The molecule has 2 rings (SSSR count). The van der Waals surface area contributed by atoms with Crippen LogP contribution in [0.5, 0.6) is 0 Å². The number of hydrogen-bond donors (Lipinski definition) is 0. The van der Waals surface area contributed by atoms with Gasteiger partial charge in [-0.2, -0.15) is 4.31 Å². The van der Waals surface area contributed by atoms with Gasteiger partial charge in [0.15, 0.2) is 0 Å². The molecule has 1 heterocycles. The molecule has 0 saturated carbocycles. The normalized spacial score (nSPS) is 20.0. The quantitative estimate of drug-likeness (QED) is 0.698. The van der Waals surface area contributed by atoms with E-state index in [0.717, 1.165) is 29.1 Å². The summed E-state index contributed by atoms with van der Waals surface area (Å²) in [6, 6.07) is 5.95. The van der Waals surface area contributed by atoms with Gasteiger partial charge in [0.05, 0.1) is 10.9 Å². The maximum atomic E-state index is 12.7. The summed E-state index contributed by atoms with van der Waals surface area (Å²) in [5.41, 5.74) is 0.959. The summed E-state index contributed by atoms with van der Waals surface area (Å²) in [7, 11) is -3.90. The van der Waals surface area contributed by atoms with Gasteiger partial charge >= 0.3 is 6.09 Å². The molecule has 0 aromatic heterocycles. The zero-order valence-corrected chi connectivity index (χ0v) is 15.1. The second-order valence-electron chi connectivity index (χ2n) is 5.42. The molecule has 1 unspecified atom stereocenters. The number of alkyl halides is 1. The number of nitrogens with zero attached hydrogens (tertiary/aromatic N) is 1. The Bertz CT molecular complexity index is 629. The van der Waals surface area contributed by atoms with Crippen LogP contribution in [-0.2, 0) is 14.8 Å². The number of sulfonamides is 1. The smallest absolute Gasteiger partial charge is 0.424 e. The molecule has 122 valence electrons. The third kappa shape index (κ3) is 3.46. The van der Waals surface area contributed by atoms with Crippen LogP contribution in [0.2, 0.25) is 0 Å². The van der Waals surface area contributed by atoms with Crippen LogP contribution >= 0.6 is 15.9 Å². The lowest BCUT2D eigenvalue weighted by Gasteiger charge is -2.25. The van der Waals surface area contributed by atoms with Crippen LogP contribution < -0.4 is 0 Å². The van der Waals surface area contributed by atoms with Crippen LogP contribution in [0, 0.1) is 6.92 Å². The molecule has 22 heavy (non-hydrogen) atoms. The van der Waals surface area contributed by atoms with E-state index in [9.17, 15) is 13.2 Å². The first kappa shape index (κ1) is 17.3. The predicted octanol–water partition coefficient (Wildman–Crippen LogP) is 3.46. The highest BCUT2D eigenvalue weighted by Crippen LogP contribution is 2.30. The van der Waals surface area contributed by atoms with Crippen molar-refractivity contribution in [3.05, 3.63) is 29.8 Å². The Hall–Kier alpha value is -1.08. The average Bonchev–Trinajstić information content (AvgIpc) is 2.88. The van der Waals surface area contributed by atoms with Crippen molar-refractivity contribution in [3.63, 3.8) is 0 Å². The highest BCUT2D eigenvalue weighted by molar-refractivity contribution is 9.09. The summed E-state index contributed by atoms with van der Waals surface area (Å²) in [6.07, 6.45) is 1.96. The second kappa shape index (κ2) is 7.00. The molecule has 1 aromatic carbocycles. The van der Waals surface area contributed by atoms with Gasteiger partial charge in [-0.15, -0.1) is 0 Å². The maximum absolute atomic E-state index is 12.7. The van der Waals surface area contributed by atoms with Gasteiger partial charge in [0.25, 0.3) is 10.0 Å². The lowest BCUT2D eigenvalue weighted by Crippen LogP contribution is -2.43. The molecule has 0 N–H and O–H groups in total.